The molecule has 1 aromatic rings. The number of hydrogen-bond acceptors (Lipinski definition) is 1. The van der Waals surface area contributed by atoms with Crippen molar-refractivity contribution in [3.63, 3.8) is 0 Å². The lowest BCUT2D eigenvalue weighted by atomic mass is 9.81. The quantitative estimate of drug-likeness (QED) is 0.860. The van der Waals surface area contributed by atoms with Gasteiger partial charge in [-0.05, 0) is 60.8 Å². The number of hydrogen-bond donors (Lipinski definition) is 1. The Bertz CT molecular complexity index is 426. The normalized spacial score (nSPS) is 43.1. The number of benzene rings is 1. The SMILES string of the molecule is NC(C1CC2CCC1C2)C1CC1c1ccccc1. The van der Waals surface area contributed by atoms with Crippen LogP contribution in [0.3, 0.4) is 0 Å². The van der Waals surface area contributed by atoms with Crippen molar-refractivity contribution in [3.8, 4) is 0 Å². The summed E-state index contributed by atoms with van der Waals surface area (Å²) < 4.78 is 0. The van der Waals surface area contributed by atoms with Gasteiger partial charge in [0.1, 0.15) is 0 Å². The molecule has 96 valence electrons. The molecule has 6 atom stereocenters. The minimum Gasteiger partial charge on any atom is -0.327 e. The lowest BCUT2D eigenvalue weighted by Crippen LogP contribution is -2.35. The zero-order valence-electron chi connectivity index (χ0n) is 11.0. The first kappa shape index (κ1) is 11.0. The lowest BCUT2D eigenvalue weighted by Gasteiger charge is -2.28. The van der Waals surface area contributed by atoms with Gasteiger partial charge < -0.3 is 5.73 Å². The van der Waals surface area contributed by atoms with Crippen LogP contribution >= 0.6 is 0 Å². The van der Waals surface area contributed by atoms with Gasteiger partial charge in [0.25, 0.3) is 0 Å². The standard InChI is InChI=1S/C17H23N/c18-17(15-9-11-6-7-13(15)8-11)16-10-14(16)12-4-2-1-3-5-12/h1-5,11,13-17H,6-10,18H2. The Kier molecular flexibility index (Phi) is 2.51. The molecular formula is C17H23N. The second-order valence-corrected chi connectivity index (χ2v) is 6.83. The summed E-state index contributed by atoms with van der Waals surface area (Å²) in [7, 11) is 0. The van der Waals surface area contributed by atoms with Crippen molar-refractivity contribution in [1.29, 1.82) is 0 Å². The van der Waals surface area contributed by atoms with E-state index in [0.717, 1.165) is 29.6 Å². The lowest BCUT2D eigenvalue weighted by molar-refractivity contribution is 0.262. The van der Waals surface area contributed by atoms with Crippen LogP contribution in [0.4, 0.5) is 0 Å². The van der Waals surface area contributed by atoms with Crippen LogP contribution < -0.4 is 5.73 Å². The summed E-state index contributed by atoms with van der Waals surface area (Å²) in [5, 5.41) is 0. The third-order valence-electron chi connectivity index (χ3n) is 5.85. The Labute approximate surface area is 110 Å². The predicted molar refractivity (Wildman–Crippen MR) is 74.2 cm³/mol. The van der Waals surface area contributed by atoms with E-state index in [4.69, 9.17) is 5.73 Å². The molecule has 0 aromatic heterocycles. The van der Waals surface area contributed by atoms with Crippen molar-refractivity contribution in [2.75, 3.05) is 0 Å². The van der Waals surface area contributed by atoms with Crippen LogP contribution in [-0.4, -0.2) is 6.04 Å². The van der Waals surface area contributed by atoms with E-state index in [1.165, 1.54) is 37.7 Å². The zero-order valence-corrected chi connectivity index (χ0v) is 11.0. The molecule has 6 unspecified atom stereocenters. The first-order chi connectivity index (χ1) is 8.83. The summed E-state index contributed by atoms with van der Waals surface area (Å²) in [6.07, 6.45) is 7.20. The van der Waals surface area contributed by atoms with E-state index in [1.807, 2.05) is 0 Å². The zero-order chi connectivity index (χ0) is 12.1. The van der Waals surface area contributed by atoms with Crippen LogP contribution in [0.5, 0.6) is 0 Å². The molecule has 0 amide bonds. The summed E-state index contributed by atoms with van der Waals surface area (Å²) >= 11 is 0. The van der Waals surface area contributed by atoms with Gasteiger partial charge in [-0.25, -0.2) is 0 Å². The second-order valence-electron chi connectivity index (χ2n) is 6.83. The highest BCUT2D eigenvalue weighted by Gasteiger charge is 2.50. The average molecular weight is 241 g/mol. The largest absolute Gasteiger partial charge is 0.327 e. The van der Waals surface area contributed by atoms with Gasteiger partial charge >= 0.3 is 0 Å². The molecule has 0 saturated heterocycles. The van der Waals surface area contributed by atoms with Crippen LogP contribution in [0, 0.1) is 23.7 Å². The number of fused-ring (bicyclic) bond motifs is 2. The van der Waals surface area contributed by atoms with Gasteiger partial charge in [0.2, 0.25) is 0 Å². The van der Waals surface area contributed by atoms with Gasteiger partial charge in [-0.3, -0.25) is 0 Å². The van der Waals surface area contributed by atoms with Crippen LogP contribution in [-0.2, 0) is 0 Å². The molecule has 0 spiro atoms. The van der Waals surface area contributed by atoms with Crippen molar-refractivity contribution < 1.29 is 0 Å². The molecule has 18 heavy (non-hydrogen) atoms. The summed E-state index contributed by atoms with van der Waals surface area (Å²) in [5.41, 5.74) is 8.11. The summed E-state index contributed by atoms with van der Waals surface area (Å²) in [6, 6.07) is 11.5. The van der Waals surface area contributed by atoms with Crippen molar-refractivity contribution in [2.45, 2.75) is 44.1 Å². The molecule has 2 N–H and O–H groups in total. The fourth-order valence-electron chi connectivity index (χ4n) is 4.81. The summed E-state index contributed by atoms with van der Waals surface area (Å²) in [6.45, 7) is 0. The predicted octanol–water partition coefficient (Wildman–Crippen LogP) is 3.55. The van der Waals surface area contributed by atoms with Crippen LogP contribution in [0.25, 0.3) is 0 Å². The fourth-order valence-corrected chi connectivity index (χ4v) is 4.81. The van der Waals surface area contributed by atoms with E-state index in [-0.39, 0.29) is 0 Å². The fraction of sp³-hybridized carbons (Fsp3) is 0.647. The highest BCUT2D eigenvalue weighted by atomic mass is 14.7. The van der Waals surface area contributed by atoms with E-state index >= 15 is 0 Å². The van der Waals surface area contributed by atoms with Crippen molar-refractivity contribution >= 4 is 0 Å². The van der Waals surface area contributed by atoms with Gasteiger partial charge in [-0.15, -0.1) is 0 Å². The van der Waals surface area contributed by atoms with E-state index < -0.39 is 0 Å². The van der Waals surface area contributed by atoms with Gasteiger partial charge in [-0.2, -0.15) is 0 Å². The van der Waals surface area contributed by atoms with Crippen LogP contribution in [0.2, 0.25) is 0 Å². The minimum absolute atomic E-state index is 0.477. The van der Waals surface area contributed by atoms with Crippen molar-refractivity contribution in [1.82, 2.24) is 0 Å². The third kappa shape index (κ3) is 1.72. The van der Waals surface area contributed by atoms with Crippen LogP contribution in [0.1, 0.15) is 43.6 Å². The highest BCUT2D eigenvalue weighted by molar-refractivity contribution is 5.27. The van der Waals surface area contributed by atoms with Crippen LogP contribution in [0.15, 0.2) is 30.3 Å². The van der Waals surface area contributed by atoms with Gasteiger partial charge in [0.15, 0.2) is 0 Å². The first-order valence-electron chi connectivity index (χ1n) is 7.63. The highest BCUT2D eigenvalue weighted by Crippen LogP contribution is 2.56. The molecule has 0 aliphatic heterocycles. The topological polar surface area (TPSA) is 26.0 Å². The average Bonchev–Trinajstić information content (AvgIpc) is 2.94. The van der Waals surface area contributed by atoms with E-state index in [1.54, 1.807) is 0 Å². The van der Waals surface area contributed by atoms with E-state index in [0.29, 0.717) is 6.04 Å². The molecule has 2 bridgehead atoms. The Morgan fingerprint density at radius 2 is 1.78 bits per heavy atom. The van der Waals surface area contributed by atoms with Gasteiger partial charge in [-0.1, -0.05) is 36.8 Å². The van der Waals surface area contributed by atoms with E-state index in [2.05, 4.69) is 30.3 Å². The molecule has 3 aliphatic carbocycles. The maximum absolute atomic E-state index is 6.60. The molecular weight excluding hydrogens is 218 g/mol. The molecule has 1 nitrogen and oxygen atoms in total. The smallest absolute Gasteiger partial charge is 0.0104 e. The molecule has 3 aliphatic rings. The minimum atomic E-state index is 0.477. The summed E-state index contributed by atoms with van der Waals surface area (Å²) in [5.74, 6) is 4.39. The molecule has 1 heteroatoms. The molecule has 3 saturated carbocycles. The monoisotopic (exact) mass is 241 g/mol. The molecule has 3 fully saturated rings. The third-order valence-corrected chi connectivity index (χ3v) is 5.85. The molecule has 4 rings (SSSR count). The molecule has 0 heterocycles. The number of rotatable bonds is 3. The Hall–Kier alpha value is -0.820. The molecule has 1 aromatic carbocycles. The first-order valence-corrected chi connectivity index (χ1v) is 7.63. The Balaban J connectivity index is 1.44. The Morgan fingerprint density at radius 1 is 0.944 bits per heavy atom. The second kappa shape index (κ2) is 4.09. The van der Waals surface area contributed by atoms with E-state index in [9.17, 15) is 0 Å². The molecule has 0 radical (unpaired) electrons. The maximum Gasteiger partial charge on any atom is 0.0104 e. The summed E-state index contributed by atoms with van der Waals surface area (Å²) in [4.78, 5) is 0. The Morgan fingerprint density at radius 3 is 2.44 bits per heavy atom. The van der Waals surface area contributed by atoms with Gasteiger partial charge in [0.05, 0.1) is 0 Å². The van der Waals surface area contributed by atoms with Gasteiger partial charge in [0, 0.05) is 6.04 Å². The van der Waals surface area contributed by atoms with Crippen molar-refractivity contribution in [2.24, 2.45) is 29.4 Å². The van der Waals surface area contributed by atoms with Crippen molar-refractivity contribution in [3.05, 3.63) is 35.9 Å². The maximum atomic E-state index is 6.60. The number of nitrogens with two attached hydrogens (primary N) is 1.